The molecule has 0 saturated carbocycles. The molecule has 0 bridgehead atoms. The Kier molecular flexibility index (Phi) is 2.21. The largest absolute Gasteiger partial charge is 0.465 e. The summed E-state index contributed by atoms with van der Waals surface area (Å²) in [5.74, 6) is -1.32. The minimum absolute atomic E-state index is 0.157. The number of hydrogen-bond donors (Lipinski definition) is 0. The van der Waals surface area contributed by atoms with Gasteiger partial charge in [0.25, 0.3) is 0 Å². The van der Waals surface area contributed by atoms with E-state index >= 15 is 0 Å². The quantitative estimate of drug-likeness (QED) is 0.570. The smallest absolute Gasteiger partial charge is 0.341 e. The maximum atomic E-state index is 12.7. The monoisotopic (exact) mass is 153 g/mol. The van der Waals surface area contributed by atoms with Gasteiger partial charge in [-0.05, 0) is 6.07 Å². The Bertz CT molecular complexity index is 271. The number of esters is 1. The normalized spacial score (nSPS) is 9.27. The Morgan fingerprint density at radius 3 is 3.00 bits per heavy atom. The molecule has 0 spiro atoms. The Morgan fingerprint density at radius 2 is 2.45 bits per heavy atom. The Morgan fingerprint density at radius 1 is 1.73 bits per heavy atom. The van der Waals surface area contributed by atoms with Crippen LogP contribution >= 0.6 is 0 Å². The maximum absolute atomic E-state index is 12.7. The van der Waals surface area contributed by atoms with Gasteiger partial charge in [0.2, 0.25) is 0 Å². The predicted molar refractivity (Wildman–Crippen MR) is 36.6 cm³/mol. The van der Waals surface area contributed by atoms with Crippen molar-refractivity contribution in [3.05, 3.63) is 35.6 Å². The zero-order valence-corrected chi connectivity index (χ0v) is 5.93. The molecular formula is C8H6FO2. The molecule has 0 atom stereocenters. The number of ether oxygens (including phenoxy) is 1. The van der Waals surface area contributed by atoms with Crippen LogP contribution in [0.3, 0.4) is 0 Å². The van der Waals surface area contributed by atoms with Crippen molar-refractivity contribution in [1.29, 1.82) is 0 Å². The van der Waals surface area contributed by atoms with Gasteiger partial charge >= 0.3 is 5.97 Å². The highest BCUT2D eigenvalue weighted by atomic mass is 19.1. The second-order valence-electron chi connectivity index (χ2n) is 1.88. The molecule has 0 aliphatic heterocycles. The minimum atomic E-state index is -0.705. The second kappa shape index (κ2) is 3.14. The van der Waals surface area contributed by atoms with Crippen molar-refractivity contribution in [1.82, 2.24) is 0 Å². The third-order valence-electron chi connectivity index (χ3n) is 1.19. The fraction of sp³-hybridized carbons (Fsp3) is 0.125. The molecule has 2 nitrogen and oxygen atoms in total. The third kappa shape index (κ3) is 1.55. The summed E-state index contributed by atoms with van der Waals surface area (Å²) >= 11 is 0. The predicted octanol–water partition coefficient (Wildman–Crippen LogP) is 1.41. The lowest BCUT2D eigenvalue weighted by Gasteiger charge is -1.97. The van der Waals surface area contributed by atoms with Crippen molar-refractivity contribution in [2.24, 2.45) is 0 Å². The zero-order valence-electron chi connectivity index (χ0n) is 5.93. The average molecular weight is 153 g/mol. The van der Waals surface area contributed by atoms with E-state index in [1.807, 2.05) is 0 Å². The lowest BCUT2D eigenvalue weighted by molar-refractivity contribution is 0.0595. The van der Waals surface area contributed by atoms with E-state index in [9.17, 15) is 9.18 Å². The Labute approximate surface area is 63.6 Å². The molecule has 0 amide bonds. The molecule has 0 aromatic heterocycles. The first-order valence-corrected chi connectivity index (χ1v) is 3.00. The summed E-state index contributed by atoms with van der Waals surface area (Å²) in [5.41, 5.74) is -0.157. The molecule has 1 aromatic rings. The average Bonchev–Trinajstić information content (AvgIpc) is 2.04. The van der Waals surface area contributed by atoms with Crippen LogP contribution in [0.1, 0.15) is 10.4 Å². The van der Waals surface area contributed by atoms with Crippen LogP contribution in [0.15, 0.2) is 18.2 Å². The van der Waals surface area contributed by atoms with Crippen molar-refractivity contribution in [2.75, 3.05) is 7.11 Å². The molecule has 0 fully saturated rings. The number of benzene rings is 1. The van der Waals surface area contributed by atoms with E-state index in [2.05, 4.69) is 10.8 Å². The van der Waals surface area contributed by atoms with Crippen LogP contribution in [0, 0.1) is 11.9 Å². The topological polar surface area (TPSA) is 26.3 Å². The molecule has 0 saturated heterocycles. The van der Waals surface area contributed by atoms with Crippen LogP contribution in [0.25, 0.3) is 0 Å². The molecule has 0 aliphatic carbocycles. The minimum Gasteiger partial charge on any atom is -0.465 e. The van der Waals surface area contributed by atoms with Crippen molar-refractivity contribution >= 4 is 5.97 Å². The van der Waals surface area contributed by atoms with Gasteiger partial charge < -0.3 is 4.74 Å². The van der Waals surface area contributed by atoms with Crippen LogP contribution in [0.4, 0.5) is 4.39 Å². The summed E-state index contributed by atoms with van der Waals surface area (Å²) in [6.07, 6.45) is 0. The lowest BCUT2D eigenvalue weighted by atomic mass is 10.2. The van der Waals surface area contributed by atoms with E-state index in [0.29, 0.717) is 0 Å². The number of halogens is 1. The lowest BCUT2D eigenvalue weighted by Crippen LogP contribution is -2.03. The van der Waals surface area contributed by atoms with Gasteiger partial charge in [-0.2, -0.15) is 0 Å². The molecule has 1 radical (unpaired) electrons. The van der Waals surface area contributed by atoms with Gasteiger partial charge in [0.15, 0.2) is 0 Å². The summed E-state index contributed by atoms with van der Waals surface area (Å²) in [6.45, 7) is 0. The zero-order chi connectivity index (χ0) is 8.27. The Balaban J connectivity index is 3.03. The number of rotatable bonds is 1. The molecule has 0 N–H and O–H groups in total. The van der Waals surface area contributed by atoms with Crippen LogP contribution < -0.4 is 0 Å². The SMILES string of the molecule is COC(=O)c1[c]cccc1F. The van der Waals surface area contributed by atoms with Gasteiger partial charge in [0.1, 0.15) is 11.4 Å². The fourth-order valence-electron chi connectivity index (χ4n) is 0.675. The van der Waals surface area contributed by atoms with E-state index in [1.54, 1.807) is 0 Å². The van der Waals surface area contributed by atoms with Gasteiger partial charge in [-0.15, -0.1) is 0 Å². The Hall–Kier alpha value is -1.38. The van der Waals surface area contributed by atoms with Crippen LogP contribution in [0.5, 0.6) is 0 Å². The molecule has 0 unspecified atom stereocenters. The third-order valence-corrected chi connectivity index (χ3v) is 1.19. The fourth-order valence-corrected chi connectivity index (χ4v) is 0.675. The molecular weight excluding hydrogens is 147 g/mol. The highest BCUT2D eigenvalue weighted by molar-refractivity contribution is 5.89. The van der Waals surface area contributed by atoms with E-state index in [4.69, 9.17) is 0 Å². The number of methoxy groups -OCH3 is 1. The second-order valence-corrected chi connectivity index (χ2v) is 1.88. The van der Waals surface area contributed by atoms with E-state index < -0.39 is 11.8 Å². The van der Waals surface area contributed by atoms with Crippen LogP contribution in [-0.4, -0.2) is 13.1 Å². The van der Waals surface area contributed by atoms with Gasteiger partial charge in [0, 0.05) is 6.07 Å². The molecule has 11 heavy (non-hydrogen) atoms. The summed E-state index contributed by atoms with van der Waals surface area (Å²) in [4.78, 5) is 10.7. The highest BCUT2D eigenvalue weighted by Crippen LogP contribution is 2.05. The molecule has 1 aromatic carbocycles. The summed E-state index contributed by atoms with van der Waals surface area (Å²) in [7, 11) is 1.20. The van der Waals surface area contributed by atoms with Gasteiger partial charge in [-0.1, -0.05) is 12.1 Å². The van der Waals surface area contributed by atoms with Crippen LogP contribution in [-0.2, 0) is 4.74 Å². The number of hydrogen-bond acceptors (Lipinski definition) is 2. The van der Waals surface area contributed by atoms with E-state index in [-0.39, 0.29) is 5.56 Å². The van der Waals surface area contributed by atoms with Gasteiger partial charge in [-0.3, -0.25) is 0 Å². The van der Waals surface area contributed by atoms with E-state index in [0.717, 1.165) is 0 Å². The molecule has 0 aliphatic rings. The first-order valence-electron chi connectivity index (χ1n) is 3.00. The molecule has 0 heterocycles. The molecule has 1 rings (SSSR count). The van der Waals surface area contributed by atoms with Crippen molar-refractivity contribution in [3.8, 4) is 0 Å². The summed E-state index contributed by atoms with van der Waals surface area (Å²) < 4.78 is 17.0. The number of carbonyl (C=O) groups excluding carboxylic acids is 1. The molecule has 3 heteroatoms. The summed E-state index contributed by atoms with van der Waals surface area (Å²) in [5, 5.41) is 0. The number of carbonyl (C=O) groups is 1. The first kappa shape index (κ1) is 7.72. The van der Waals surface area contributed by atoms with Gasteiger partial charge in [-0.25, -0.2) is 9.18 Å². The van der Waals surface area contributed by atoms with Crippen LogP contribution in [0.2, 0.25) is 0 Å². The van der Waals surface area contributed by atoms with Crippen molar-refractivity contribution < 1.29 is 13.9 Å². The standard InChI is InChI=1S/C8H6FO2/c1-11-8(10)6-4-2-3-5-7(6)9/h2-3,5H,1H3. The van der Waals surface area contributed by atoms with Crippen molar-refractivity contribution in [2.45, 2.75) is 0 Å². The first-order chi connectivity index (χ1) is 5.25. The van der Waals surface area contributed by atoms with Crippen molar-refractivity contribution in [3.63, 3.8) is 0 Å². The van der Waals surface area contributed by atoms with E-state index in [1.165, 1.54) is 25.3 Å². The molecule has 57 valence electrons. The highest BCUT2D eigenvalue weighted by Gasteiger charge is 2.09. The maximum Gasteiger partial charge on any atom is 0.341 e. The summed E-state index contributed by atoms with van der Waals surface area (Å²) in [6, 6.07) is 6.53. The van der Waals surface area contributed by atoms with Gasteiger partial charge in [0.05, 0.1) is 7.11 Å².